The SMILES string of the molecule is CCC(C)C(NC(=O)c1ccccc1)C(=O)Nc1cccc(Oc2cnccn2)c1. The highest BCUT2D eigenvalue weighted by Crippen LogP contribution is 2.22. The molecule has 0 aliphatic carbocycles. The third-order valence-corrected chi connectivity index (χ3v) is 4.68. The maximum absolute atomic E-state index is 13.0. The molecule has 2 N–H and O–H groups in total. The number of anilines is 1. The van der Waals surface area contributed by atoms with Crippen LogP contribution < -0.4 is 15.4 Å². The van der Waals surface area contributed by atoms with E-state index >= 15 is 0 Å². The number of amides is 2. The second kappa shape index (κ2) is 10.2. The van der Waals surface area contributed by atoms with Gasteiger partial charge in [0, 0.05) is 29.7 Å². The molecule has 0 saturated carbocycles. The van der Waals surface area contributed by atoms with Crippen molar-refractivity contribution in [3.8, 4) is 11.6 Å². The summed E-state index contributed by atoms with van der Waals surface area (Å²) in [6.45, 7) is 3.91. The van der Waals surface area contributed by atoms with E-state index in [-0.39, 0.29) is 17.7 Å². The Labute approximate surface area is 175 Å². The lowest BCUT2D eigenvalue weighted by Crippen LogP contribution is -2.47. The van der Waals surface area contributed by atoms with Crippen molar-refractivity contribution in [3.63, 3.8) is 0 Å². The average molecular weight is 404 g/mol. The number of hydrogen-bond donors (Lipinski definition) is 2. The highest BCUT2D eigenvalue weighted by atomic mass is 16.5. The van der Waals surface area contributed by atoms with E-state index in [1.807, 2.05) is 19.9 Å². The molecule has 7 heteroatoms. The lowest BCUT2D eigenvalue weighted by atomic mass is 9.97. The molecule has 154 valence electrons. The molecule has 2 aromatic carbocycles. The van der Waals surface area contributed by atoms with Crippen LogP contribution in [-0.4, -0.2) is 27.8 Å². The van der Waals surface area contributed by atoms with E-state index in [2.05, 4.69) is 20.6 Å². The van der Waals surface area contributed by atoms with Crippen LogP contribution >= 0.6 is 0 Å². The van der Waals surface area contributed by atoms with E-state index in [1.54, 1.807) is 54.7 Å². The van der Waals surface area contributed by atoms with Crippen molar-refractivity contribution in [3.05, 3.63) is 78.8 Å². The maximum atomic E-state index is 13.0. The zero-order valence-electron chi connectivity index (χ0n) is 16.9. The van der Waals surface area contributed by atoms with Gasteiger partial charge >= 0.3 is 0 Å². The third kappa shape index (κ3) is 5.64. The van der Waals surface area contributed by atoms with Gasteiger partial charge in [0.15, 0.2) is 0 Å². The van der Waals surface area contributed by atoms with Crippen molar-refractivity contribution >= 4 is 17.5 Å². The van der Waals surface area contributed by atoms with Crippen LogP contribution in [0.3, 0.4) is 0 Å². The second-order valence-corrected chi connectivity index (χ2v) is 6.87. The monoisotopic (exact) mass is 404 g/mol. The molecule has 0 aliphatic rings. The molecule has 0 aliphatic heterocycles. The lowest BCUT2D eigenvalue weighted by molar-refractivity contribution is -0.119. The first kappa shape index (κ1) is 21.0. The van der Waals surface area contributed by atoms with Crippen LogP contribution in [0.2, 0.25) is 0 Å². The first-order valence-corrected chi connectivity index (χ1v) is 9.77. The number of rotatable bonds is 8. The quantitative estimate of drug-likeness (QED) is 0.591. The van der Waals surface area contributed by atoms with E-state index in [0.717, 1.165) is 6.42 Å². The topological polar surface area (TPSA) is 93.2 Å². The number of nitrogens with zero attached hydrogens (tertiary/aromatic N) is 2. The molecule has 1 aromatic heterocycles. The predicted octanol–water partition coefficient (Wildman–Crippen LogP) is 4.05. The molecule has 2 unspecified atom stereocenters. The zero-order chi connectivity index (χ0) is 21.3. The smallest absolute Gasteiger partial charge is 0.251 e. The minimum absolute atomic E-state index is 0.0447. The van der Waals surface area contributed by atoms with Crippen molar-refractivity contribution < 1.29 is 14.3 Å². The van der Waals surface area contributed by atoms with Crippen LogP contribution in [0.1, 0.15) is 30.6 Å². The van der Waals surface area contributed by atoms with Gasteiger partial charge in [0.05, 0.1) is 6.20 Å². The molecule has 30 heavy (non-hydrogen) atoms. The van der Waals surface area contributed by atoms with Crippen LogP contribution in [-0.2, 0) is 4.79 Å². The molecule has 2 atom stereocenters. The largest absolute Gasteiger partial charge is 0.437 e. The number of benzene rings is 2. The zero-order valence-corrected chi connectivity index (χ0v) is 16.9. The van der Waals surface area contributed by atoms with Gasteiger partial charge < -0.3 is 15.4 Å². The second-order valence-electron chi connectivity index (χ2n) is 6.87. The first-order valence-electron chi connectivity index (χ1n) is 9.77. The number of ether oxygens (including phenoxy) is 1. The normalized spacial score (nSPS) is 12.5. The summed E-state index contributed by atoms with van der Waals surface area (Å²) < 4.78 is 5.66. The molecule has 2 amide bonds. The summed E-state index contributed by atoms with van der Waals surface area (Å²) in [7, 11) is 0. The first-order chi connectivity index (χ1) is 14.6. The Bertz CT molecular complexity index is 980. The fourth-order valence-electron chi connectivity index (χ4n) is 2.83. The number of carbonyl (C=O) groups is 2. The summed E-state index contributed by atoms with van der Waals surface area (Å²) >= 11 is 0. The molecule has 0 bridgehead atoms. The molecule has 0 saturated heterocycles. The van der Waals surface area contributed by atoms with Crippen molar-refractivity contribution in [1.82, 2.24) is 15.3 Å². The van der Waals surface area contributed by atoms with Gasteiger partial charge in [-0.1, -0.05) is 44.5 Å². The minimum atomic E-state index is -0.674. The van der Waals surface area contributed by atoms with Crippen LogP contribution in [0.15, 0.2) is 73.2 Å². The van der Waals surface area contributed by atoms with Crippen LogP contribution in [0, 0.1) is 5.92 Å². The van der Waals surface area contributed by atoms with Crippen LogP contribution in [0.5, 0.6) is 11.6 Å². The molecule has 0 fully saturated rings. The van der Waals surface area contributed by atoms with Crippen LogP contribution in [0.25, 0.3) is 0 Å². The summed E-state index contributed by atoms with van der Waals surface area (Å²) in [5.74, 6) is 0.257. The van der Waals surface area contributed by atoms with Gasteiger partial charge in [-0.05, 0) is 30.2 Å². The fraction of sp³-hybridized carbons (Fsp3) is 0.217. The van der Waals surface area contributed by atoms with Gasteiger partial charge in [0.2, 0.25) is 11.8 Å². The van der Waals surface area contributed by atoms with Crippen molar-refractivity contribution in [2.24, 2.45) is 5.92 Å². The molecule has 0 spiro atoms. The summed E-state index contributed by atoms with van der Waals surface area (Å²) in [6.07, 6.45) is 5.34. The van der Waals surface area contributed by atoms with Crippen molar-refractivity contribution in [2.75, 3.05) is 5.32 Å². The highest BCUT2D eigenvalue weighted by Gasteiger charge is 2.26. The Morgan fingerprint density at radius 2 is 1.87 bits per heavy atom. The average Bonchev–Trinajstić information content (AvgIpc) is 2.78. The third-order valence-electron chi connectivity index (χ3n) is 4.68. The number of aromatic nitrogens is 2. The Balaban J connectivity index is 1.71. The highest BCUT2D eigenvalue weighted by molar-refractivity contribution is 6.01. The standard InChI is InChI=1S/C23H24N4O3/c1-3-16(2)21(27-22(28)17-8-5-4-6-9-17)23(29)26-18-10-7-11-19(14-18)30-20-15-24-12-13-25-20/h4-16,21H,3H2,1-2H3,(H,26,29)(H,27,28). The van der Waals surface area contributed by atoms with Gasteiger partial charge in [-0.2, -0.15) is 0 Å². The lowest BCUT2D eigenvalue weighted by Gasteiger charge is -2.23. The van der Waals surface area contributed by atoms with Crippen molar-refractivity contribution in [2.45, 2.75) is 26.3 Å². The summed E-state index contributed by atoms with van der Waals surface area (Å²) in [6, 6.07) is 15.1. The van der Waals surface area contributed by atoms with E-state index < -0.39 is 6.04 Å². The van der Waals surface area contributed by atoms with E-state index in [9.17, 15) is 9.59 Å². The molecular weight excluding hydrogens is 380 g/mol. The van der Waals surface area contributed by atoms with Gasteiger partial charge in [0.25, 0.3) is 5.91 Å². The van der Waals surface area contributed by atoms with E-state index in [1.165, 1.54) is 12.4 Å². The number of carbonyl (C=O) groups excluding carboxylic acids is 2. The molecule has 0 radical (unpaired) electrons. The van der Waals surface area contributed by atoms with Crippen molar-refractivity contribution in [1.29, 1.82) is 0 Å². The maximum Gasteiger partial charge on any atom is 0.251 e. The molecule has 3 aromatic rings. The molecule has 1 heterocycles. The van der Waals surface area contributed by atoms with E-state index in [0.29, 0.717) is 22.9 Å². The fourth-order valence-corrected chi connectivity index (χ4v) is 2.83. The summed E-state index contributed by atoms with van der Waals surface area (Å²) in [5.41, 5.74) is 1.07. The van der Waals surface area contributed by atoms with Gasteiger partial charge in [-0.15, -0.1) is 0 Å². The van der Waals surface area contributed by atoms with Gasteiger partial charge in [-0.25, -0.2) is 4.98 Å². The predicted molar refractivity (Wildman–Crippen MR) is 114 cm³/mol. The Morgan fingerprint density at radius 3 is 2.57 bits per heavy atom. The molecule has 7 nitrogen and oxygen atoms in total. The Morgan fingerprint density at radius 1 is 1.07 bits per heavy atom. The molecular formula is C23H24N4O3. The Hall–Kier alpha value is -3.74. The van der Waals surface area contributed by atoms with Gasteiger partial charge in [0.1, 0.15) is 11.8 Å². The molecule has 3 rings (SSSR count). The number of hydrogen-bond acceptors (Lipinski definition) is 5. The summed E-state index contributed by atoms with van der Waals surface area (Å²) in [4.78, 5) is 33.6. The Kier molecular flexibility index (Phi) is 7.10. The number of nitrogens with one attached hydrogen (secondary N) is 2. The van der Waals surface area contributed by atoms with Gasteiger partial charge in [-0.3, -0.25) is 14.6 Å². The summed E-state index contributed by atoms with van der Waals surface area (Å²) in [5, 5.41) is 5.73. The minimum Gasteiger partial charge on any atom is -0.437 e. The van der Waals surface area contributed by atoms with E-state index in [4.69, 9.17) is 4.74 Å². The van der Waals surface area contributed by atoms with Crippen LogP contribution in [0.4, 0.5) is 5.69 Å².